The van der Waals surface area contributed by atoms with Crippen LogP contribution in [0, 0.1) is 5.92 Å². The molecule has 1 N–H and O–H groups in total. The lowest BCUT2D eigenvalue weighted by atomic mass is 9.93. The van der Waals surface area contributed by atoms with E-state index in [1.54, 1.807) is 0 Å². The maximum Gasteiger partial charge on any atom is 0.166 e. The van der Waals surface area contributed by atoms with E-state index in [1.165, 1.54) is 12.8 Å². The van der Waals surface area contributed by atoms with Gasteiger partial charge in [0.1, 0.15) is 5.65 Å². The van der Waals surface area contributed by atoms with Crippen molar-refractivity contribution in [1.29, 1.82) is 0 Å². The number of piperidine rings is 1. The van der Waals surface area contributed by atoms with Crippen LogP contribution in [-0.2, 0) is 6.42 Å². The molecule has 1 aliphatic heterocycles. The SMILES string of the molecule is O=Cc1cccc2nc(CC3CCNCC3)cn12. The predicted octanol–water partition coefficient (Wildman–Crippen LogP) is 1.69. The Morgan fingerprint density at radius 2 is 2.22 bits per heavy atom. The number of carbonyl (C=O) groups is 1. The summed E-state index contributed by atoms with van der Waals surface area (Å²) in [5.41, 5.74) is 2.62. The van der Waals surface area contributed by atoms with Crippen molar-refractivity contribution in [3.8, 4) is 0 Å². The highest BCUT2D eigenvalue weighted by Gasteiger charge is 2.15. The third-order valence-corrected chi connectivity index (χ3v) is 3.65. The van der Waals surface area contributed by atoms with Crippen molar-refractivity contribution in [1.82, 2.24) is 14.7 Å². The molecule has 0 bridgehead atoms. The summed E-state index contributed by atoms with van der Waals surface area (Å²) in [6.07, 6.45) is 6.33. The molecule has 1 saturated heterocycles. The van der Waals surface area contributed by atoms with Gasteiger partial charge in [0.05, 0.1) is 11.4 Å². The molecule has 1 aliphatic rings. The van der Waals surface area contributed by atoms with E-state index in [0.717, 1.165) is 43.1 Å². The lowest BCUT2D eigenvalue weighted by molar-refractivity contribution is 0.111. The van der Waals surface area contributed by atoms with Gasteiger partial charge in [-0.25, -0.2) is 4.98 Å². The number of pyridine rings is 1. The Hall–Kier alpha value is -1.68. The quantitative estimate of drug-likeness (QED) is 0.834. The largest absolute Gasteiger partial charge is 0.317 e. The number of nitrogens with zero attached hydrogens (tertiary/aromatic N) is 2. The van der Waals surface area contributed by atoms with Crippen LogP contribution in [0.25, 0.3) is 5.65 Å². The number of aldehydes is 1. The predicted molar refractivity (Wildman–Crippen MR) is 69.9 cm³/mol. The van der Waals surface area contributed by atoms with Crippen LogP contribution in [0.15, 0.2) is 24.4 Å². The molecule has 4 nitrogen and oxygen atoms in total. The van der Waals surface area contributed by atoms with E-state index in [1.807, 2.05) is 28.8 Å². The Bertz CT molecular complexity index is 555. The van der Waals surface area contributed by atoms with Crippen molar-refractivity contribution < 1.29 is 4.79 Å². The maximum absolute atomic E-state index is 11.0. The fourth-order valence-corrected chi connectivity index (χ4v) is 2.66. The number of nitrogens with one attached hydrogen (secondary N) is 1. The summed E-state index contributed by atoms with van der Waals surface area (Å²) >= 11 is 0. The molecule has 3 heterocycles. The molecule has 0 amide bonds. The molecule has 0 atom stereocenters. The van der Waals surface area contributed by atoms with E-state index in [-0.39, 0.29) is 0 Å². The highest BCUT2D eigenvalue weighted by Crippen LogP contribution is 2.18. The minimum absolute atomic E-state index is 0.663. The number of carbonyl (C=O) groups excluding carboxylic acids is 1. The van der Waals surface area contributed by atoms with Crippen LogP contribution in [0.4, 0.5) is 0 Å². The normalized spacial score (nSPS) is 17.1. The van der Waals surface area contributed by atoms with Crippen molar-refractivity contribution in [3.05, 3.63) is 35.8 Å². The molecule has 94 valence electrons. The minimum atomic E-state index is 0.663. The Labute approximate surface area is 106 Å². The van der Waals surface area contributed by atoms with Gasteiger partial charge in [-0.15, -0.1) is 0 Å². The molecule has 0 aromatic carbocycles. The van der Waals surface area contributed by atoms with Crippen molar-refractivity contribution in [2.24, 2.45) is 5.92 Å². The first-order valence-electron chi connectivity index (χ1n) is 6.50. The molecule has 0 aliphatic carbocycles. The minimum Gasteiger partial charge on any atom is -0.317 e. The summed E-state index contributed by atoms with van der Waals surface area (Å²) in [7, 11) is 0. The van der Waals surface area contributed by atoms with E-state index >= 15 is 0 Å². The molecule has 1 fully saturated rings. The van der Waals surface area contributed by atoms with E-state index < -0.39 is 0 Å². The van der Waals surface area contributed by atoms with Gasteiger partial charge in [-0.1, -0.05) is 6.07 Å². The summed E-state index contributed by atoms with van der Waals surface area (Å²) < 4.78 is 1.88. The lowest BCUT2D eigenvalue weighted by Gasteiger charge is -2.21. The number of rotatable bonds is 3. The van der Waals surface area contributed by atoms with E-state index in [0.29, 0.717) is 5.69 Å². The molecular formula is C14H17N3O. The van der Waals surface area contributed by atoms with Gasteiger partial charge in [0.2, 0.25) is 0 Å². The lowest BCUT2D eigenvalue weighted by Crippen LogP contribution is -2.28. The van der Waals surface area contributed by atoms with E-state index in [9.17, 15) is 4.79 Å². The molecule has 2 aromatic rings. The summed E-state index contributed by atoms with van der Waals surface area (Å²) in [6, 6.07) is 5.63. The van der Waals surface area contributed by atoms with Crippen LogP contribution in [-0.4, -0.2) is 28.8 Å². The molecule has 4 heteroatoms. The topological polar surface area (TPSA) is 46.4 Å². The second kappa shape index (κ2) is 4.90. The first kappa shape index (κ1) is 11.4. The van der Waals surface area contributed by atoms with Gasteiger partial charge in [0, 0.05) is 6.20 Å². The standard InChI is InChI=1S/C14H17N3O/c18-10-13-2-1-3-14-16-12(9-17(13)14)8-11-4-6-15-7-5-11/h1-3,9-11,15H,4-8H2. The van der Waals surface area contributed by atoms with Crippen molar-refractivity contribution in [2.75, 3.05) is 13.1 Å². The molecule has 0 radical (unpaired) electrons. The average Bonchev–Trinajstić information content (AvgIpc) is 2.82. The fourth-order valence-electron chi connectivity index (χ4n) is 2.66. The second-order valence-corrected chi connectivity index (χ2v) is 4.93. The number of imidazole rings is 1. The highest BCUT2D eigenvalue weighted by molar-refractivity contribution is 5.73. The van der Waals surface area contributed by atoms with Crippen LogP contribution in [0.2, 0.25) is 0 Å². The number of fused-ring (bicyclic) bond motifs is 1. The highest BCUT2D eigenvalue weighted by atomic mass is 16.1. The first-order valence-corrected chi connectivity index (χ1v) is 6.50. The van der Waals surface area contributed by atoms with Crippen molar-refractivity contribution >= 4 is 11.9 Å². The van der Waals surface area contributed by atoms with Crippen LogP contribution < -0.4 is 5.32 Å². The molecule has 2 aromatic heterocycles. The van der Waals surface area contributed by atoms with Gasteiger partial charge >= 0.3 is 0 Å². The van der Waals surface area contributed by atoms with Gasteiger partial charge in [0.15, 0.2) is 6.29 Å². The zero-order valence-corrected chi connectivity index (χ0v) is 10.3. The van der Waals surface area contributed by atoms with Crippen LogP contribution in [0.5, 0.6) is 0 Å². The molecule has 3 rings (SSSR count). The zero-order chi connectivity index (χ0) is 12.4. The van der Waals surface area contributed by atoms with Gasteiger partial charge < -0.3 is 5.32 Å². The molecule has 0 spiro atoms. The number of hydrogen-bond donors (Lipinski definition) is 1. The van der Waals surface area contributed by atoms with E-state index in [2.05, 4.69) is 10.3 Å². The third kappa shape index (κ3) is 2.16. The van der Waals surface area contributed by atoms with Crippen LogP contribution in [0.1, 0.15) is 29.0 Å². The van der Waals surface area contributed by atoms with Crippen LogP contribution in [0.3, 0.4) is 0 Å². The Morgan fingerprint density at radius 3 is 3.00 bits per heavy atom. The fraction of sp³-hybridized carbons (Fsp3) is 0.429. The molecule has 0 unspecified atom stereocenters. The summed E-state index contributed by atoms with van der Waals surface area (Å²) in [5, 5.41) is 3.37. The second-order valence-electron chi connectivity index (χ2n) is 4.93. The van der Waals surface area contributed by atoms with E-state index in [4.69, 9.17) is 0 Å². The molecule has 18 heavy (non-hydrogen) atoms. The molecule has 0 saturated carbocycles. The number of aromatic nitrogens is 2. The first-order chi connectivity index (χ1) is 8.86. The smallest absolute Gasteiger partial charge is 0.166 e. The summed E-state index contributed by atoms with van der Waals surface area (Å²) in [6.45, 7) is 2.22. The van der Waals surface area contributed by atoms with Gasteiger partial charge in [-0.3, -0.25) is 9.20 Å². The molecular weight excluding hydrogens is 226 g/mol. The van der Waals surface area contributed by atoms with Gasteiger partial charge in [0.25, 0.3) is 0 Å². The van der Waals surface area contributed by atoms with Gasteiger partial charge in [-0.05, 0) is 50.4 Å². The third-order valence-electron chi connectivity index (χ3n) is 3.65. The Kier molecular flexibility index (Phi) is 3.11. The van der Waals surface area contributed by atoms with Crippen LogP contribution >= 0.6 is 0 Å². The zero-order valence-electron chi connectivity index (χ0n) is 10.3. The van der Waals surface area contributed by atoms with Crippen molar-refractivity contribution in [3.63, 3.8) is 0 Å². The average molecular weight is 243 g/mol. The Morgan fingerprint density at radius 1 is 1.39 bits per heavy atom. The van der Waals surface area contributed by atoms with Gasteiger partial charge in [-0.2, -0.15) is 0 Å². The maximum atomic E-state index is 11.0. The monoisotopic (exact) mass is 243 g/mol. The Balaban J connectivity index is 1.86. The van der Waals surface area contributed by atoms with Crippen molar-refractivity contribution in [2.45, 2.75) is 19.3 Å². The number of hydrogen-bond acceptors (Lipinski definition) is 3. The summed E-state index contributed by atoms with van der Waals surface area (Å²) in [5.74, 6) is 0.718. The summed E-state index contributed by atoms with van der Waals surface area (Å²) in [4.78, 5) is 15.6.